The zero-order valence-corrected chi connectivity index (χ0v) is 20.0. The van der Waals surface area contributed by atoms with Crippen LogP contribution in [-0.4, -0.2) is 75.9 Å². The van der Waals surface area contributed by atoms with Crippen molar-refractivity contribution in [1.29, 1.82) is 0 Å². The van der Waals surface area contributed by atoms with Crippen molar-refractivity contribution in [2.75, 3.05) is 51.8 Å². The molecule has 0 radical (unpaired) electrons. The maximum absolute atomic E-state index is 13.2. The molecule has 2 aliphatic heterocycles. The van der Waals surface area contributed by atoms with Crippen LogP contribution in [0.3, 0.4) is 0 Å². The number of nitrogens with zero attached hydrogens (tertiary/aromatic N) is 2. The molecule has 0 aliphatic carbocycles. The summed E-state index contributed by atoms with van der Waals surface area (Å²) in [6.45, 7) is 2.47. The molecule has 34 heavy (non-hydrogen) atoms. The average molecular weight is 488 g/mol. The number of nitrogens with one attached hydrogen (secondary N) is 1. The number of amides is 2. The Morgan fingerprint density at radius 3 is 2.38 bits per heavy atom. The Balaban J connectivity index is 1.60. The molecule has 0 spiro atoms. The highest BCUT2D eigenvalue weighted by Gasteiger charge is 2.30. The third-order valence-corrected chi connectivity index (χ3v) is 7.98. The Kier molecular flexibility index (Phi) is 7.50. The number of hydrogen-bond acceptors (Lipinski definition) is 6. The van der Waals surface area contributed by atoms with Gasteiger partial charge in [-0.1, -0.05) is 12.1 Å². The van der Waals surface area contributed by atoms with E-state index < -0.39 is 15.9 Å². The Hall–Kier alpha value is -2.95. The van der Waals surface area contributed by atoms with E-state index in [4.69, 9.17) is 9.47 Å². The molecule has 9 nitrogen and oxygen atoms in total. The van der Waals surface area contributed by atoms with Gasteiger partial charge >= 0.3 is 0 Å². The van der Waals surface area contributed by atoms with Crippen LogP contribution in [0.1, 0.15) is 40.0 Å². The van der Waals surface area contributed by atoms with E-state index in [1.807, 2.05) is 0 Å². The summed E-state index contributed by atoms with van der Waals surface area (Å²) in [6, 6.07) is 11.1. The number of benzene rings is 2. The first-order valence-electron chi connectivity index (χ1n) is 11.4. The largest absolute Gasteiger partial charge is 0.495 e. The molecule has 1 N–H and O–H groups in total. The van der Waals surface area contributed by atoms with Crippen molar-refractivity contribution in [3.05, 3.63) is 53.6 Å². The molecule has 0 atom stereocenters. The maximum Gasteiger partial charge on any atom is 0.255 e. The number of ether oxygens (including phenoxy) is 2. The lowest BCUT2D eigenvalue weighted by Gasteiger charge is -2.27. The molecule has 0 unspecified atom stereocenters. The lowest BCUT2D eigenvalue weighted by Crippen LogP contribution is -2.40. The van der Waals surface area contributed by atoms with Crippen LogP contribution in [-0.2, 0) is 14.8 Å². The van der Waals surface area contributed by atoms with E-state index in [1.165, 1.54) is 29.6 Å². The van der Waals surface area contributed by atoms with Crippen molar-refractivity contribution < 1.29 is 27.5 Å². The van der Waals surface area contributed by atoms with E-state index in [-0.39, 0.29) is 35.2 Å². The van der Waals surface area contributed by atoms with Gasteiger partial charge in [0.2, 0.25) is 10.0 Å². The minimum Gasteiger partial charge on any atom is -0.495 e. The lowest BCUT2D eigenvalue weighted by atomic mass is 10.1. The number of rotatable bonds is 6. The van der Waals surface area contributed by atoms with Crippen molar-refractivity contribution in [2.24, 2.45) is 0 Å². The van der Waals surface area contributed by atoms with Gasteiger partial charge in [0.1, 0.15) is 10.6 Å². The van der Waals surface area contributed by atoms with Gasteiger partial charge in [-0.2, -0.15) is 4.31 Å². The molecule has 2 heterocycles. The SMILES string of the molecule is COc1ccc(C(=O)Nc2ccccc2C(=O)N2CCCCC2)cc1S(=O)(=O)N1CCOCC1. The van der Waals surface area contributed by atoms with Crippen molar-refractivity contribution in [3.8, 4) is 5.75 Å². The minimum absolute atomic E-state index is 0.0813. The van der Waals surface area contributed by atoms with Crippen LogP contribution in [0.25, 0.3) is 0 Å². The Labute approximate surface area is 199 Å². The third kappa shape index (κ3) is 5.08. The summed E-state index contributed by atoms with van der Waals surface area (Å²) >= 11 is 0. The fourth-order valence-corrected chi connectivity index (χ4v) is 5.78. The average Bonchev–Trinajstić information content (AvgIpc) is 2.89. The summed E-state index contributed by atoms with van der Waals surface area (Å²) in [5, 5.41) is 2.79. The maximum atomic E-state index is 13.2. The number of anilines is 1. The molecule has 4 rings (SSSR count). The second-order valence-electron chi connectivity index (χ2n) is 8.23. The summed E-state index contributed by atoms with van der Waals surface area (Å²) < 4.78 is 38.3. The number of carbonyl (C=O) groups is 2. The van der Waals surface area contributed by atoms with Crippen LogP contribution in [0, 0.1) is 0 Å². The fraction of sp³-hybridized carbons (Fsp3) is 0.417. The van der Waals surface area contributed by atoms with Gasteiger partial charge in [0.05, 0.1) is 31.6 Å². The molecule has 2 aromatic rings. The van der Waals surface area contributed by atoms with Gasteiger partial charge in [-0.3, -0.25) is 9.59 Å². The van der Waals surface area contributed by atoms with Crippen LogP contribution in [0.15, 0.2) is 47.4 Å². The highest BCUT2D eigenvalue weighted by molar-refractivity contribution is 7.89. The number of carbonyl (C=O) groups excluding carboxylic acids is 2. The number of piperidine rings is 1. The monoisotopic (exact) mass is 487 g/mol. The second-order valence-corrected chi connectivity index (χ2v) is 10.1. The first-order valence-corrected chi connectivity index (χ1v) is 12.8. The van der Waals surface area contributed by atoms with E-state index in [0.29, 0.717) is 37.6 Å². The number of methoxy groups -OCH3 is 1. The molecule has 2 amide bonds. The van der Waals surface area contributed by atoms with Gasteiger partial charge in [0.15, 0.2) is 0 Å². The number of hydrogen-bond donors (Lipinski definition) is 1. The first-order chi connectivity index (χ1) is 16.4. The van der Waals surface area contributed by atoms with E-state index in [1.54, 1.807) is 29.2 Å². The second kappa shape index (κ2) is 10.5. The highest BCUT2D eigenvalue weighted by Crippen LogP contribution is 2.29. The normalized spacial score (nSPS) is 17.3. The van der Waals surface area contributed by atoms with E-state index in [9.17, 15) is 18.0 Å². The van der Waals surface area contributed by atoms with Crippen LogP contribution in [0.5, 0.6) is 5.75 Å². The third-order valence-electron chi connectivity index (χ3n) is 6.06. The standard InChI is InChI=1S/C24H29N3O6S/c1-32-21-10-9-18(17-22(21)34(30,31)27-13-15-33-16-14-27)23(28)25-20-8-4-3-7-19(20)24(29)26-11-5-2-6-12-26/h3-4,7-10,17H,2,5-6,11-16H2,1H3,(H,25,28). The summed E-state index contributed by atoms with van der Waals surface area (Å²) in [7, 11) is -2.50. The van der Waals surface area contributed by atoms with E-state index >= 15 is 0 Å². The Morgan fingerprint density at radius 1 is 0.971 bits per heavy atom. The Morgan fingerprint density at radius 2 is 1.68 bits per heavy atom. The zero-order valence-electron chi connectivity index (χ0n) is 19.2. The molecule has 182 valence electrons. The summed E-state index contributed by atoms with van der Waals surface area (Å²) in [6.07, 6.45) is 3.04. The molecule has 0 aromatic heterocycles. The Bertz CT molecular complexity index is 1160. The van der Waals surface area contributed by atoms with Crippen molar-refractivity contribution in [1.82, 2.24) is 9.21 Å². The fourth-order valence-electron chi connectivity index (χ4n) is 4.19. The molecule has 2 fully saturated rings. The summed E-state index contributed by atoms with van der Waals surface area (Å²) in [5.41, 5.74) is 0.941. The number of para-hydroxylation sites is 1. The predicted octanol–water partition coefficient (Wildman–Crippen LogP) is 2.59. The zero-order chi connectivity index (χ0) is 24.1. The quantitative estimate of drug-likeness (QED) is 0.672. The molecule has 0 saturated carbocycles. The first kappa shape index (κ1) is 24.2. The summed E-state index contributed by atoms with van der Waals surface area (Å²) in [5.74, 6) is -0.482. The number of sulfonamides is 1. The topological polar surface area (TPSA) is 105 Å². The van der Waals surface area contributed by atoms with E-state index in [2.05, 4.69) is 5.32 Å². The van der Waals surface area contributed by atoms with Crippen molar-refractivity contribution in [3.63, 3.8) is 0 Å². The van der Waals surface area contributed by atoms with Crippen LogP contribution in [0.2, 0.25) is 0 Å². The van der Waals surface area contributed by atoms with Crippen molar-refractivity contribution in [2.45, 2.75) is 24.2 Å². The van der Waals surface area contributed by atoms with Gasteiger partial charge in [-0.15, -0.1) is 0 Å². The predicted molar refractivity (Wildman–Crippen MR) is 127 cm³/mol. The van der Waals surface area contributed by atoms with Crippen molar-refractivity contribution >= 4 is 27.5 Å². The summed E-state index contributed by atoms with van der Waals surface area (Å²) in [4.78, 5) is 27.9. The molecule has 10 heteroatoms. The molecule has 2 saturated heterocycles. The molecular weight excluding hydrogens is 458 g/mol. The minimum atomic E-state index is -3.88. The van der Waals surface area contributed by atoms with Crippen LogP contribution >= 0.6 is 0 Å². The van der Waals surface area contributed by atoms with Gasteiger partial charge in [0, 0.05) is 31.7 Å². The van der Waals surface area contributed by atoms with Gasteiger partial charge in [-0.05, 0) is 49.6 Å². The molecule has 0 bridgehead atoms. The van der Waals surface area contributed by atoms with Crippen LogP contribution in [0.4, 0.5) is 5.69 Å². The molecule has 2 aliphatic rings. The smallest absolute Gasteiger partial charge is 0.255 e. The molecular formula is C24H29N3O6S. The van der Waals surface area contributed by atoms with Gasteiger partial charge in [0.25, 0.3) is 11.8 Å². The molecule has 2 aromatic carbocycles. The highest BCUT2D eigenvalue weighted by atomic mass is 32.2. The van der Waals surface area contributed by atoms with Gasteiger partial charge < -0.3 is 19.7 Å². The number of likely N-dealkylation sites (tertiary alicyclic amines) is 1. The van der Waals surface area contributed by atoms with Crippen LogP contribution < -0.4 is 10.1 Å². The lowest BCUT2D eigenvalue weighted by molar-refractivity contribution is 0.0725. The van der Waals surface area contributed by atoms with Gasteiger partial charge in [-0.25, -0.2) is 8.42 Å². The number of morpholine rings is 1. The van der Waals surface area contributed by atoms with E-state index in [0.717, 1.165) is 19.3 Å².